The number of nitrogens with one attached hydrogen (secondary N) is 5. The molecule has 7 rings (SSSR count). The summed E-state index contributed by atoms with van der Waals surface area (Å²) in [7, 11) is -5.24. The Hall–Kier alpha value is -7.32. The number of aromatic hydroxyl groups is 1. The molecule has 0 bridgehead atoms. The highest BCUT2D eigenvalue weighted by molar-refractivity contribution is 7.81. The lowest BCUT2D eigenvalue weighted by atomic mass is 9.97. The van der Waals surface area contributed by atoms with E-state index in [9.17, 15) is 82.6 Å². The van der Waals surface area contributed by atoms with Gasteiger partial charge in [-0.3, -0.25) is 38.2 Å². The van der Waals surface area contributed by atoms with Crippen LogP contribution in [0.4, 0.5) is 0 Å². The molecule has 0 aliphatic carbocycles. The number of nitrogens with zero attached hydrogens (tertiary/aromatic N) is 3. The second kappa shape index (κ2) is 27.2. The second-order valence-corrected chi connectivity index (χ2v) is 21.5. The first-order valence-electron chi connectivity index (χ1n) is 26.4. The maximum Gasteiger partial charge on any atom is 0.446 e. The zero-order valence-electron chi connectivity index (χ0n) is 44.8. The summed E-state index contributed by atoms with van der Waals surface area (Å²) < 4.78 is 47.9. The molecule has 446 valence electrons. The van der Waals surface area contributed by atoms with Crippen LogP contribution >= 0.6 is 0 Å². The summed E-state index contributed by atoms with van der Waals surface area (Å²) in [6.07, 6.45) is -11.7. The quantitative estimate of drug-likeness (QED) is 0.0451. The van der Waals surface area contributed by atoms with Crippen LogP contribution in [-0.4, -0.2) is 204 Å². The molecule has 0 spiro atoms. The molecule has 1 aromatic heterocycles. The minimum Gasteiger partial charge on any atom is -0.504 e. The van der Waals surface area contributed by atoms with Crippen LogP contribution < -0.4 is 35.5 Å². The van der Waals surface area contributed by atoms with E-state index < -0.39 is 161 Å². The molecule has 4 heterocycles. The highest BCUT2D eigenvalue weighted by Gasteiger charge is 2.47. The van der Waals surface area contributed by atoms with Gasteiger partial charge < -0.3 is 85.8 Å². The van der Waals surface area contributed by atoms with Gasteiger partial charge in [0.25, 0.3) is 5.91 Å². The molecule has 3 saturated heterocycles. The van der Waals surface area contributed by atoms with Crippen molar-refractivity contribution < 1.29 is 96.0 Å². The molecule has 3 aliphatic rings. The number of ether oxygens (including phenoxy) is 1. The van der Waals surface area contributed by atoms with Gasteiger partial charge in [-0.15, -0.1) is 0 Å². The topological polar surface area (TPSA) is 430 Å². The van der Waals surface area contributed by atoms with E-state index in [0.717, 1.165) is 48.8 Å². The first-order chi connectivity index (χ1) is 38.8. The molecule has 28 nitrogen and oxygen atoms in total. The van der Waals surface area contributed by atoms with Gasteiger partial charge in [-0.25, -0.2) is 0 Å². The Labute approximate surface area is 470 Å². The SMILES string of the molecule is CCCCCOc1ccc(-c2cc(-c3ccc(C(=O)NC4CC(O)C(O)NC(=O)C5C(O)C(C)CN5CCNC(=O)C(C(O)C(O)c5ccc(O)c(OS(=O)(=O)O)c5)NC(=O)C5CC(O)CN5C(=O)C(C(C)O)NC4=O)cc3)no2)cc1. The normalized spacial score (nSPS) is 26.6. The monoisotopic (exact) mass is 1170 g/mol. The molecule has 0 radical (unpaired) electrons. The minimum absolute atomic E-state index is 0.0290. The van der Waals surface area contributed by atoms with Crippen LogP contribution in [0.3, 0.4) is 0 Å². The molecule has 29 heteroatoms. The zero-order chi connectivity index (χ0) is 59.7. The van der Waals surface area contributed by atoms with E-state index in [-0.39, 0.29) is 25.2 Å². The van der Waals surface area contributed by atoms with Crippen molar-refractivity contribution >= 4 is 45.8 Å². The van der Waals surface area contributed by atoms with Crippen molar-refractivity contribution in [2.24, 2.45) is 5.92 Å². The van der Waals surface area contributed by atoms with Crippen LogP contribution in [0.2, 0.25) is 0 Å². The summed E-state index contributed by atoms with van der Waals surface area (Å²) >= 11 is 0. The molecule has 3 fully saturated rings. The Kier molecular flexibility index (Phi) is 20.6. The summed E-state index contributed by atoms with van der Waals surface area (Å²) in [5.74, 6) is -7.99. The van der Waals surface area contributed by atoms with E-state index in [2.05, 4.69) is 42.8 Å². The maximum absolute atomic E-state index is 14.4. The van der Waals surface area contributed by atoms with Crippen molar-refractivity contribution in [2.75, 3.05) is 32.8 Å². The Morgan fingerprint density at radius 2 is 1.52 bits per heavy atom. The van der Waals surface area contributed by atoms with Gasteiger partial charge in [-0.05, 0) is 73.4 Å². The van der Waals surface area contributed by atoms with E-state index in [0.29, 0.717) is 35.4 Å². The molecular formula is C53H68N8O20S. The number of benzene rings is 3. The lowest BCUT2D eigenvalue weighted by molar-refractivity contribution is -0.145. The number of rotatable bonds is 15. The van der Waals surface area contributed by atoms with Crippen molar-refractivity contribution in [2.45, 2.75) is 126 Å². The molecule has 82 heavy (non-hydrogen) atoms. The molecule has 4 aromatic rings. The third kappa shape index (κ3) is 15.4. The van der Waals surface area contributed by atoms with Crippen molar-refractivity contribution in [1.29, 1.82) is 0 Å². The van der Waals surface area contributed by atoms with E-state index >= 15 is 0 Å². The fourth-order valence-electron chi connectivity index (χ4n) is 9.83. The number of fused-ring (bicyclic) bond motifs is 2. The van der Waals surface area contributed by atoms with Crippen molar-refractivity contribution in [3.8, 4) is 39.8 Å². The van der Waals surface area contributed by atoms with E-state index in [4.69, 9.17) is 9.26 Å². The minimum atomic E-state index is -5.24. The number of amides is 6. The number of hydrogen-bond donors (Lipinski definition) is 14. The van der Waals surface area contributed by atoms with Crippen LogP contribution in [0.1, 0.15) is 74.9 Å². The number of carbonyl (C=O) groups is 6. The van der Waals surface area contributed by atoms with Gasteiger partial charge in [0, 0.05) is 61.8 Å². The molecular weight excluding hydrogens is 1100 g/mol. The number of aromatic nitrogens is 1. The van der Waals surface area contributed by atoms with Gasteiger partial charge >= 0.3 is 10.4 Å². The summed E-state index contributed by atoms with van der Waals surface area (Å²) in [5, 5.41) is 105. The largest absolute Gasteiger partial charge is 0.504 e. The van der Waals surface area contributed by atoms with Gasteiger partial charge in [0.2, 0.25) is 29.5 Å². The van der Waals surface area contributed by atoms with Gasteiger partial charge in [-0.1, -0.05) is 50.0 Å². The van der Waals surface area contributed by atoms with Crippen LogP contribution in [-0.2, 0) is 34.4 Å². The number of aliphatic hydroxyl groups is 7. The second-order valence-electron chi connectivity index (χ2n) is 20.5. The Balaban J connectivity index is 1.15. The lowest BCUT2D eigenvalue weighted by Gasteiger charge is -2.33. The fraction of sp³-hybridized carbons (Fsp3) is 0.491. The number of carbonyl (C=O) groups excluding carboxylic acids is 6. The Bertz CT molecular complexity index is 3020. The number of hydrogen-bond acceptors (Lipinski definition) is 21. The third-order valence-corrected chi connectivity index (χ3v) is 14.7. The summed E-state index contributed by atoms with van der Waals surface area (Å²) in [4.78, 5) is 87.1. The molecule has 13 unspecified atom stereocenters. The summed E-state index contributed by atoms with van der Waals surface area (Å²) in [5.41, 5.74) is 1.20. The van der Waals surface area contributed by atoms with Gasteiger partial charge in [0.15, 0.2) is 23.5 Å². The molecule has 0 saturated carbocycles. The predicted molar refractivity (Wildman–Crippen MR) is 285 cm³/mol. The highest BCUT2D eigenvalue weighted by Crippen LogP contribution is 2.33. The number of phenols is 1. The fourth-order valence-corrected chi connectivity index (χ4v) is 10.2. The van der Waals surface area contributed by atoms with Crippen LogP contribution in [0.15, 0.2) is 77.3 Å². The van der Waals surface area contributed by atoms with E-state index in [1.165, 1.54) is 17.0 Å². The number of phenolic OH excluding ortho intramolecular Hbond substituents is 1. The summed E-state index contributed by atoms with van der Waals surface area (Å²) in [6.45, 7) is 4.20. The first kappa shape index (κ1) is 62.3. The lowest BCUT2D eigenvalue weighted by Crippen LogP contribution is -2.62. The summed E-state index contributed by atoms with van der Waals surface area (Å²) in [6, 6.07) is 8.16. The predicted octanol–water partition coefficient (Wildman–Crippen LogP) is -2.03. The van der Waals surface area contributed by atoms with E-state index in [1.807, 2.05) is 24.3 Å². The third-order valence-electron chi connectivity index (χ3n) is 14.3. The van der Waals surface area contributed by atoms with Crippen LogP contribution in [0, 0.1) is 5.92 Å². The van der Waals surface area contributed by atoms with Crippen molar-refractivity contribution in [3.05, 3.63) is 83.9 Å². The average molecular weight is 1170 g/mol. The van der Waals surface area contributed by atoms with Gasteiger partial charge in [0.1, 0.15) is 60.0 Å². The number of aliphatic hydroxyl groups excluding tert-OH is 7. The Morgan fingerprint density at radius 1 is 0.841 bits per heavy atom. The van der Waals surface area contributed by atoms with Crippen LogP contribution in [0.25, 0.3) is 22.6 Å². The van der Waals surface area contributed by atoms with Crippen LogP contribution in [0.5, 0.6) is 17.2 Å². The standard InChI is InChI=1S/C53H68N8O20S/c1-4-5-6-19-79-33-14-11-29(12-15-33)39-23-34(59-80-39)28-7-9-30(10-8-28)47(69)55-35-22-38(65)50(72)58-52(74)43-44(66)26(2)24-60(43)18-17-54-51(73)42(46(68)45(67)31-13-16-37(64)40(20-31)81-82(76,77)78)57-49(71)36-21-32(63)25-61(36)53(75)41(27(3)62)56-48(35)70/h7-16,20,23,26-27,32,35-36,38,41-46,50,62-68,72H,4-6,17-19,21-22,24-25H2,1-3H3,(H,54,73)(H,55,69)(H,56,70)(H,57,71)(H,58,74)(H,76,77,78). The molecule has 3 aliphatic heterocycles. The first-order valence-corrected chi connectivity index (χ1v) is 27.8. The number of unbranched alkanes of at least 4 members (excludes halogenated alkanes) is 2. The molecule has 14 N–H and O–H groups in total. The average Bonchev–Trinajstić information content (AvgIpc) is 4.29. The molecule has 13 atom stereocenters. The Morgan fingerprint density at radius 3 is 2.20 bits per heavy atom. The van der Waals surface area contributed by atoms with Crippen molar-refractivity contribution in [1.82, 2.24) is 41.5 Å². The van der Waals surface area contributed by atoms with Gasteiger partial charge in [-0.2, -0.15) is 8.42 Å². The molecule has 6 amide bonds. The van der Waals surface area contributed by atoms with Crippen molar-refractivity contribution in [3.63, 3.8) is 0 Å². The smallest absolute Gasteiger partial charge is 0.446 e. The van der Waals surface area contributed by atoms with E-state index in [1.54, 1.807) is 25.1 Å². The maximum atomic E-state index is 14.4. The highest BCUT2D eigenvalue weighted by atomic mass is 32.3. The van der Waals surface area contributed by atoms with Gasteiger partial charge in [0.05, 0.1) is 24.9 Å². The zero-order valence-corrected chi connectivity index (χ0v) is 45.6. The molecule has 3 aromatic carbocycles.